The molecule has 0 aliphatic heterocycles. The average molecular weight is 239 g/mol. The van der Waals surface area contributed by atoms with E-state index in [0.29, 0.717) is 18.3 Å². The van der Waals surface area contributed by atoms with E-state index in [-0.39, 0.29) is 11.8 Å². The second-order valence-corrected chi connectivity index (χ2v) is 4.74. The van der Waals surface area contributed by atoms with Crippen molar-refractivity contribution in [2.45, 2.75) is 45.2 Å². The number of rotatable bonds is 6. The highest BCUT2D eigenvalue weighted by atomic mass is 16.5. The Balaban J connectivity index is 1.89. The molecule has 1 unspecified atom stereocenters. The van der Waals surface area contributed by atoms with Crippen molar-refractivity contribution >= 4 is 5.97 Å². The topological polar surface area (TPSA) is 88.2 Å². The largest absolute Gasteiger partial charge is 0.480 e. The molecule has 17 heavy (non-hydrogen) atoms. The van der Waals surface area contributed by atoms with E-state index in [1.54, 1.807) is 0 Å². The quantitative estimate of drug-likeness (QED) is 0.774. The van der Waals surface area contributed by atoms with Crippen molar-refractivity contribution < 1.29 is 14.4 Å². The van der Waals surface area contributed by atoms with Crippen molar-refractivity contribution in [1.29, 1.82) is 0 Å². The van der Waals surface area contributed by atoms with Crippen LogP contribution >= 0.6 is 0 Å². The lowest BCUT2D eigenvalue weighted by atomic mass is 10.2. The number of aliphatic carboxylic acids is 1. The summed E-state index contributed by atoms with van der Waals surface area (Å²) >= 11 is 0. The van der Waals surface area contributed by atoms with Gasteiger partial charge in [0, 0.05) is 5.92 Å². The van der Waals surface area contributed by atoms with Crippen molar-refractivity contribution in [2.24, 2.45) is 5.92 Å². The van der Waals surface area contributed by atoms with Crippen LogP contribution in [0.3, 0.4) is 0 Å². The first-order chi connectivity index (χ1) is 8.08. The number of nitrogens with one attached hydrogen (secondary N) is 1. The molecule has 1 aromatic rings. The van der Waals surface area contributed by atoms with Gasteiger partial charge in [0.05, 0.1) is 6.54 Å². The highest BCUT2D eigenvalue weighted by Crippen LogP contribution is 2.32. The molecule has 94 valence electrons. The Morgan fingerprint density at radius 2 is 2.29 bits per heavy atom. The molecule has 1 atom stereocenters. The number of carboxylic acid groups (broad SMARTS) is 1. The fourth-order valence-corrected chi connectivity index (χ4v) is 1.66. The second kappa shape index (κ2) is 4.83. The van der Waals surface area contributed by atoms with Gasteiger partial charge in [-0.1, -0.05) is 19.0 Å². The standard InChI is InChI=1S/C11H17N3O3/c1-6(2)10-13-8(17-14-10)5-12-9(11(15)16)7-3-4-7/h6-7,9,12H,3-5H2,1-2H3,(H,15,16). The molecular weight excluding hydrogens is 222 g/mol. The highest BCUT2D eigenvalue weighted by molar-refractivity contribution is 5.74. The smallest absolute Gasteiger partial charge is 0.320 e. The maximum atomic E-state index is 11.0. The lowest BCUT2D eigenvalue weighted by molar-refractivity contribution is -0.140. The summed E-state index contributed by atoms with van der Waals surface area (Å²) in [4.78, 5) is 15.2. The molecule has 2 N–H and O–H groups in total. The monoisotopic (exact) mass is 239 g/mol. The highest BCUT2D eigenvalue weighted by Gasteiger charge is 2.36. The minimum Gasteiger partial charge on any atom is -0.480 e. The lowest BCUT2D eigenvalue weighted by Crippen LogP contribution is -2.38. The van der Waals surface area contributed by atoms with Gasteiger partial charge in [-0.05, 0) is 18.8 Å². The molecule has 0 bridgehead atoms. The first-order valence-corrected chi connectivity index (χ1v) is 5.86. The minimum absolute atomic E-state index is 0.214. The van der Waals surface area contributed by atoms with Gasteiger partial charge in [0.1, 0.15) is 6.04 Å². The summed E-state index contributed by atoms with van der Waals surface area (Å²) < 4.78 is 5.04. The summed E-state index contributed by atoms with van der Waals surface area (Å²) in [7, 11) is 0. The van der Waals surface area contributed by atoms with Crippen molar-refractivity contribution in [1.82, 2.24) is 15.5 Å². The van der Waals surface area contributed by atoms with Gasteiger partial charge in [0.15, 0.2) is 5.82 Å². The summed E-state index contributed by atoms with van der Waals surface area (Å²) in [6.07, 6.45) is 1.95. The molecule has 2 rings (SSSR count). The van der Waals surface area contributed by atoms with Gasteiger partial charge in [-0.3, -0.25) is 10.1 Å². The Morgan fingerprint density at radius 3 is 2.76 bits per heavy atom. The van der Waals surface area contributed by atoms with Crippen molar-refractivity contribution in [3.8, 4) is 0 Å². The third kappa shape index (κ3) is 3.03. The predicted octanol–water partition coefficient (Wildman–Crippen LogP) is 1.15. The number of carboxylic acids is 1. The van der Waals surface area contributed by atoms with Crippen molar-refractivity contribution in [2.75, 3.05) is 0 Å². The third-order valence-electron chi connectivity index (χ3n) is 2.83. The summed E-state index contributed by atoms with van der Waals surface area (Å²) in [5.74, 6) is 0.753. The van der Waals surface area contributed by atoms with Crippen LogP contribution in [0.15, 0.2) is 4.52 Å². The maximum Gasteiger partial charge on any atom is 0.320 e. The Bertz CT molecular complexity index is 398. The third-order valence-corrected chi connectivity index (χ3v) is 2.83. The van der Waals surface area contributed by atoms with Crippen LogP contribution in [0.5, 0.6) is 0 Å². The number of nitrogens with zero attached hydrogens (tertiary/aromatic N) is 2. The molecule has 0 aromatic carbocycles. The van der Waals surface area contributed by atoms with Gasteiger partial charge < -0.3 is 9.63 Å². The van der Waals surface area contributed by atoms with Crippen LogP contribution in [0.4, 0.5) is 0 Å². The molecule has 0 spiro atoms. The van der Waals surface area contributed by atoms with Gasteiger partial charge in [0.2, 0.25) is 5.89 Å². The molecule has 1 heterocycles. The average Bonchev–Trinajstić information content (AvgIpc) is 2.95. The number of aromatic nitrogens is 2. The van der Waals surface area contributed by atoms with Crippen LogP contribution in [0.1, 0.15) is 44.3 Å². The van der Waals surface area contributed by atoms with Crippen LogP contribution in [0.25, 0.3) is 0 Å². The first-order valence-electron chi connectivity index (χ1n) is 5.86. The molecule has 6 nitrogen and oxygen atoms in total. The molecule has 1 saturated carbocycles. The number of carbonyl (C=O) groups is 1. The van der Waals surface area contributed by atoms with E-state index < -0.39 is 12.0 Å². The van der Waals surface area contributed by atoms with Crippen LogP contribution in [-0.2, 0) is 11.3 Å². The van der Waals surface area contributed by atoms with E-state index in [1.807, 2.05) is 13.8 Å². The van der Waals surface area contributed by atoms with E-state index in [2.05, 4.69) is 15.5 Å². The first kappa shape index (κ1) is 12.0. The van der Waals surface area contributed by atoms with Gasteiger partial charge in [-0.25, -0.2) is 0 Å². The summed E-state index contributed by atoms with van der Waals surface area (Å²) in [6, 6.07) is -0.496. The van der Waals surface area contributed by atoms with E-state index >= 15 is 0 Å². The molecule has 0 saturated heterocycles. The lowest BCUT2D eigenvalue weighted by Gasteiger charge is -2.10. The summed E-state index contributed by atoms with van der Waals surface area (Å²) in [5.41, 5.74) is 0. The number of hydrogen-bond acceptors (Lipinski definition) is 5. The van der Waals surface area contributed by atoms with Gasteiger partial charge in [-0.15, -0.1) is 0 Å². The Morgan fingerprint density at radius 1 is 1.59 bits per heavy atom. The molecule has 1 fully saturated rings. The minimum atomic E-state index is -0.809. The molecule has 1 aliphatic carbocycles. The zero-order valence-electron chi connectivity index (χ0n) is 10.0. The second-order valence-electron chi connectivity index (χ2n) is 4.74. The molecule has 1 aliphatic rings. The van der Waals surface area contributed by atoms with Crippen molar-refractivity contribution in [3.05, 3.63) is 11.7 Å². The normalized spacial score (nSPS) is 17.4. The Kier molecular flexibility index (Phi) is 3.42. The molecular formula is C11H17N3O3. The van der Waals surface area contributed by atoms with E-state index in [4.69, 9.17) is 9.63 Å². The molecule has 0 amide bonds. The fraction of sp³-hybridized carbons (Fsp3) is 0.727. The number of hydrogen-bond donors (Lipinski definition) is 2. The Labute approximate surface area is 99.4 Å². The van der Waals surface area contributed by atoms with E-state index in [1.165, 1.54) is 0 Å². The molecule has 0 radical (unpaired) electrons. The summed E-state index contributed by atoms with van der Waals surface area (Å²) in [6.45, 7) is 4.27. The zero-order valence-corrected chi connectivity index (χ0v) is 10.0. The van der Waals surface area contributed by atoms with Crippen LogP contribution in [0.2, 0.25) is 0 Å². The van der Waals surface area contributed by atoms with Crippen LogP contribution < -0.4 is 5.32 Å². The van der Waals surface area contributed by atoms with Gasteiger partial charge >= 0.3 is 5.97 Å². The van der Waals surface area contributed by atoms with Gasteiger partial charge in [-0.2, -0.15) is 4.98 Å². The molecule has 1 aromatic heterocycles. The van der Waals surface area contributed by atoms with Crippen LogP contribution in [-0.4, -0.2) is 27.3 Å². The van der Waals surface area contributed by atoms with Crippen LogP contribution in [0, 0.1) is 5.92 Å². The van der Waals surface area contributed by atoms with Crippen molar-refractivity contribution in [3.63, 3.8) is 0 Å². The fourth-order valence-electron chi connectivity index (χ4n) is 1.66. The SMILES string of the molecule is CC(C)c1noc(CNC(C(=O)O)C2CC2)n1. The molecule has 6 heteroatoms. The summed E-state index contributed by atoms with van der Waals surface area (Å²) in [5, 5.41) is 15.8. The maximum absolute atomic E-state index is 11.0. The van der Waals surface area contributed by atoms with Gasteiger partial charge in [0.25, 0.3) is 0 Å². The van der Waals surface area contributed by atoms with E-state index in [9.17, 15) is 4.79 Å². The van der Waals surface area contributed by atoms with E-state index in [0.717, 1.165) is 12.8 Å². The Hall–Kier alpha value is -1.43. The predicted molar refractivity (Wildman–Crippen MR) is 59.4 cm³/mol. The zero-order chi connectivity index (χ0) is 12.4.